The fourth-order valence-electron chi connectivity index (χ4n) is 2.65. The molecular weight excluding hydrogens is 302 g/mol. The molecule has 1 nitrogen and oxygen atoms in total. The minimum absolute atomic E-state index is 0.197. The van der Waals surface area contributed by atoms with Gasteiger partial charge in [-0.3, -0.25) is 0 Å². The molecule has 0 atom stereocenters. The number of hydrogen-bond donors (Lipinski definition) is 0. The van der Waals surface area contributed by atoms with Gasteiger partial charge in [0.2, 0.25) is 0 Å². The Kier molecular flexibility index (Phi) is 9.05. The third-order valence-corrected chi connectivity index (χ3v) is 4.17. The van der Waals surface area contributed by atoms with Gasteiger partial charge in [-0.15, -0.1) is 0 Å². The molecule has 25 heavy (non-hydrogen) atoms. The molecule has 0 aromatic carbocycles. The van der Waals surface area contributed by atoms with Gasteiger partial charge in [-0.1, -0.05) is 82.4 Å². The fraction of sp³-hybridized carbons (Fsp3) is 0.417. The van der Waals surface area contributed by atoms with Gasteiger partial charge in [0.05, 0.1) is 0 Å². The zero-order chi connectivity index (χ0) is 18.7. The minimum Gasteiger partial charge on any atom is -0.371 e. The first kappa shape index (κ1) is 21.0. The lowest BCUT2D eigenvalue weighted by Gasteiger charge is -2.23. The van der Waals surface area contributed by atoms with E-state index in [9.17, 15) is 0 Å². The highest BCUT2D eigenvalue weighted by molar-refractivity contribution is 5.38. The number of hydrogen-bond acceptors (Lipinski definition) is 1. The molecule has 0 N–H and O–H groups in total. The summed E-state index contributed by atoms with van der Waals surface area (Å²) in [6.07, 6.45) is 26.2. The largest absolute Gasteiger partial charge is 0.371 e. The average molecular weight is 338 g/mol. The first-order chi connectivity index (χ1) is 11.9. The summed E-state index contributed by atoms with van der Waals surface area (Å²) in [5.74, 6) is 0. The van der Waals surface area contributed by atoms with Crippen LogP contribution in [0.15, 0.2) is 83.7 Å². The van der Waals surface area contributed by atoms with Crippen LogP contribution in [0, 0.1) is 5.41 Å². The number of nitrogens with zero attached hydrogens (tertiary/aromatic N) is 1. The maximum absolute atomic E-state index is 2.29. The van der Waals surface area contributed by atoms with E-state index in [0.29, 0.717) is 0 Å². The van der Waals surface area contributed by atoms with E-state index in [2.05, 4.69) is 113 Å². The van der Waals surface area contributed by atoms with Crippen LogP contribution in [-0.2, 0) is 0 Å². The highest BCUT2D eigenvalue weighted by Crippen LogP contribution is 2.26. The summed E-state index contributed by atoms with van der Waals surface area (Å²) in [5.41, 5.74) is 4.18. The van der Waals surface area contributed by atoms with E-state index in [1.165, 1.54) is 16.8 Å². The van der Waals surface area contributed by atoms with Crippen molar-refractivity contribution in [2.75, 3.05) is 13.6 Å². The second-order valence-electron chi connectivity index (χ2n) is 7.42. The van der Waals surface area contributed by atoms with Crippen LogP contribution in [0.3, 0.4) is 0 Å². The Labute approximate surface area is 155 Å². The van der Waals surface area contributed by atoms with Crippen molar-refractivity contribution in [2.45, 2.75) is 47.5 Å². The Morgan fingerprint density at radius 2 is 1.92 bits per heavy atom. The van der Waals surface area contributed by atoms with Crippen LogP contribution in [0.4, 0.5) is 0 Å². The van der Waals surface area contributed by atoms with Crippen molar-refractivity contribution in [3.05, 3.63) is 83.7 Å². The molecule has 0 unspecified atom stereocenters. The molecule has 0 aromatic heterocycles. The lowest BCUT2D eigenvalue weighted by Crippen LogP contribution is -2.18. The summed E-state index contributed by atoms with van der Waals surface area (Å²) in [7, 11) is 2.15. The van der Waals surface area contributed by atoms with Crippen LogP contribution in [0.25, 0.3) is 0 Å². The highest BCUT2D eigenvalue weighted by Gasteiger charge is 2.13. The van der Waals surface area contributed by atoms with Crippen molar-refractivity contribution < 1.29 is 0 Å². The lowest BCUT2D eigenvalue weighted by atomic mass is 9.86. The van der Waals surface area contributed by atoms with Crippen molar-refractivity contribution in [2.24, 2.45) is 5.41 Å². The van der Waals surface area contributed by atoms with E-state index in [1.54, 1.807) is 0 Å². The molecule has 0 heterocycles. The maximum Gasteiger partial charge on any atom is 0.0366 e. The maximum atomic E-state index is 2.29. The van der Waals surface area contributed by atoms with Gasteiger partial charge >= 0.3 is 0 Å². The predicted octanol–water partition coefficient (Wildman–Crippen LogP) is 6.76. The van der Waals surface area contributed by atoms with Gasteiger partial charge in [0.25, 0.3) is 0 Å². The van der Waals surface area contributed by atoms with Crippen LogP contribution >= 0.6 is 0 Å². The van der Waals surface area contributed by atoms with Gasteiger partial charge < -0.3 is 4.90 Å². The average Bonchev–Trinajstić information content (AvgIpc) is 2.57. The predicted molar refractivity (Wildman–Crippen MR) is 113 cm³/mol. The monoisotopic (exact) mass is 337 g/mol. The van der Waals surface area contributed by atoms with E-state index in [-0.39, 0.29) is 5.41 Å². The molecule has 0 spiro atoms. The van der Waals surface area contributed by atoms with E-state index >= 15 is 0 Å². The first-order valence-electron chi connectivity index (χ1n) is 9.33. The molecule has 1 aliphatic carbocycles. The number of rotatable bonds is 7. The summed E-state index contributed by atoms with van der Waals surface area (Å²) in [6.45, 7) is 11.9. The van der Waals surface area contributed by atoms with E-state index in [4.69, 9.17) is 0 Å². The Morgan fingerprint density at radius 1 is 1.16 bits per heavy atom. The number of allylic oxidation sites excluding steroid dienone is 12. The zero-order valence-electron chi connectivity index (χ0n) is 16.9. The SMILES string of the molecule is C/C=C(\C=C/CN(C)C1=C\C(=C/C=C\C=C/CC)CC=C1)C(C)(C)C. The Balaban J connectivity index is 2.69. The molecule has 136 valence electrons. The fourth-order valence-corrected chi connectivity index (χ4v) is 2.65. The van der Waals surface area contributed by atoms with Gasteiger partial charge in [-0.25, -0.2) is 0 Å². The zero-order valence-corrected chi connectivity index (χ0v) is 16.9. The molecule has 0 bridgehead atoms. The molecule has 0 saturated heterocycles. The Bertz CT molecular complexity index is 613. The van der Waals surface area contributed by atoms with Crippen molar-refractivity contribution in [1.29, 1.82) is 0 Å². The standard InChI is InChI=1S/C24H35N/c1-7-9-10-11-12-15-21-16-13-18-23(20-21)25(6)19-14-17-22(8-2)24(3,4)5/h8-15,17-18,20H,7,16,19H2,1-6H3/b10-9-,12-11-,17-14-,21-15-,22-8+. The second-order valence-corrected chi connectivity index (χ2v) is 7.42. The number of likely N-dealkylation sites (N-methyl/N-ethyl adjacent to an activating group) is 1. The van der Waals surface area contributed by atoms with Gasteiger partial charge in [0.1, 0.15) is 0 Å². The van der Waals surface area contributed by atoms with E-state index in [0.717, 1.165) is 19.4 Å². The third-order valence-electron chi connectivity index (χ3n) is 4.17. The third kappa shape index (κ3) is 8.07. The van der Waals surface area contributed by atoms with Crippen molar-refractivity contribution >= 4 is 0 Å². The van der Waals surface area contributed by atoms with E-state index in [1.807, 2.05) is 0 Å². The quantitative estimate of drug-likeness (QED) is 0.464. The Morgan fingerprint density at radius 3 is 2.56 bits per heavy atom. The van der Waals surface area contributed by atoms with E-state index < -0.39 is 0 Å². The molecule has 0 amide bonds. The molecule has 0 aromatic rings. The topological polar surface area (TPSA) is 3.24 Å². The second kappa shape index (κ2) is 10.8. The molecule has 0 fully saturated rings. The van der Waals surface area contributed by atoms with Crippen LogP contribution in [-0.4, -0.2) is 18.5 Å². The van der Waals surface area contributed by atoms with Gasteiger partial charge in [-0.05, 0) is 48.5 Å². The summed E-state index contributed by atoms with van der Waals surface area (Å²) in [4.78, 5) is 2.29. The van der Waals surface area contributed by atoms with Gasteiger partial charge in [0, 0.05) is 19.3 Å². The first-order valence-corrected chi connectivity index (χ1v) is 9.33. The van der Waals surface area contributed by atoms with Crippen molar-refractivity contribution in [3.63, 3.8) is 0 Å². The summed E-state index contributed by atoms with van der Waals surface area (Å²) < 4.78 is 0. The summed E-state index contributed by atoms with van der Waals surface area (Å²) in [5, 5.41) is 0. The summed E-state index contributed by atoms with van der Waals surface area (Å²) >= 11 is 0. The van der Waals surface area contributed by atoms with Gasteiger partial charge in [0.15, 0.2) is 0 Å². The Hall–Kier alpha value is -2.02. The molecule has 1 aliphatic rings. The molecule has 0 aliphatic heterocycles. The smallest absolute Gasteiger partial charge is 0.0366 e. The van der Waals surface area contributed by atoms with Crippen molar-refractivity contribution in [1.82, 2.24) is 4.90 Å². The molecule has 1 rings (SSSR count). The molecule has 0 radical (unpaired) electrons. The molecule has 1 heteroatoms. The normalized spacial score (nSPS) is 18.1. The lowest BCUT2D eigenvalue weighted by molar-refractivity contribution is 0.476. The molecular formula is C24H35N. The summed E-state index contributed by atoms with van der Waals surface area (Å²) in [6, 6.07) is 0. The highest BCUT2D eigenvalue weighted by atomic mass is 15.1. The van der Waals surface area contributed by atoms with Crippen molar-refractivity contribution in [3.8, 4) is 0 Å². The molecule has 0 saturated carbocycles. The van der Waals surface area contributed by atoms with Crippen LogP contribution < -0.4 is 0 Å². The van der Waals surface area contributed by atoms with Crippen LogP contribution in [0.5, 0.6) is 0 Å². The van der Waals surface area contributed by atoms with Gasteiger partial charge in [-0.2, -0.15) is 0 Å². The van der Waals surface area contributed by atoms with Crippen LogP contribution in [0.2, 0.25) is 0 Å². The minimum atomic E-state index is 0.197. The van der Waals surface area contributed by atoms with Crippen LogP contribution in [0.1, 0.15) is 47.5 Å².